The van der Waals surface area contributed by atoms with Crippen molar-refractivity contribution in [3.8, 4) is 0 Å². The van der Waals surface area contributed by atoms with Crippen LogP contribution >= 0.6 is 10.7 Å². The Morgan fingerprint density at radius 1 is 1.58 bits per heavy atom. The highest BCUT2D eigenvalue weighted by atomic mass is 35.7. The SMILES string of the molecule is COC(=O)CCC(C)S(=O)(=O)Cl. The molecule has 0 aliphatic carbocycles. The van der Waals surface area contributed by atoms with Crippen molar-refractivity contribution in [2.45, 2.75) is 25.0 Å². The van der Waals surface area contributed by atoms with E-state index in [4.69, 9.17) is 10.7 Å². The monoisotopic (exact) mass is 214 g/mol. The molecule has 0 rings (SSSR count). The van der Waals surface area contributed by atoms with Gasteiger partial charge in [-0.2, -0.15) is 0 Å². The second-order valence-corrected chi connectivity index (χ2v) is 5.45. The van der Waals surface area contributed by atoms with Crippen LogP contribution in [0.2, 0.25) is 0 Å². The van der Waals surface area contributed by atoms with Gasteiger partial charge in [0.2, 0.25) is 9.05 Å². The van der Waals surface area contributed by atoms with Gasteiger partial charge in [0.1, 0.15) is 0 Å². The summed E-state index contributed by atoms with van der Waals surface area (Å²) < 4.78 is 25.6. The number of ether oxygens (including phenoxy) is 1. The highest BCUT2D eigenvalue weighted by Gasteiger charge is 2.18. The second-order valence-electron chi connectivity index (χ2n) is 2.40. The molecular weight excluding hydrogens is 204 g/mol. The summed E-state index contributed by atoms with van der Waals surface area (Å²) in [7, 11) is 2.74. The van der Waals surface area contributed by atoms with Crippen LogP contribution in [-0.4, -0.2) is 26.7 Å². The second kappa shape index (κ2) is 4.67. The maximum absolute atomic E-state index is 10.6. The van der Waals surface area contributed by atoms with Crippen LogP contribution in [0.5, 0.6) is 0 Å². The van der Waals surface area contributed by atoms with Gasteiger partial charge < -0.3 is 4.74 Å². The summed E-state index contributed by atoms with van der Waals surface area (Å²) in [6.45, 7) is 1.45. The molecule has 0 aromatic heterocycles. The van der Waals surface area contributed by atoms with E-state index in [2.05, 4.69) is 4.74 Å². The molecule has 1 atom stereocenters. The number of methoxy groups -OCH3 is 1. The van der Waals surface area contributed by atoms with Crippen molar-refractivity contribution in [1.29, 1.82) is 0 Å². The molecule has 12 heavy (non-hydrogen) atoms. The molecule has 0 fully saturated rings. The molecular formula is C6H11ClO4S. The Kier molecular flexibility index (Phi) is 4.55. The van der Waals surface area contributed by atoms with E-state index in [0.717, 1.165) is 0 Å². The maximum atomic E-state index is 10.6. The molecule has 0 N–H and O–H groups in total. The number of esters is 1. The van der Waals surface area contributed by atoms with Crippen molar-refractivity contribution in [3.05, 3.63) is 0 Å². The third-order valence-corrected chi connectivity index (χ3v) is 3.57. The largest absolute Gasteiger partial charge is 0.469 e. The van der Waals surface area contributed by atoms with E-state index in [1.165, 1.54) is 14.0 Å². The van der Waals surface area contributed by atoms with Crippen molar-refractivity contribution in [1.82, 2.24) is 0 Å². The van der Waals surface area contributed by atoms with Crippen molar-refractivity contribution in [3.63, 3.8) is 0 Å². The van der Waals surface area contributed by atoms with Gasteiger partial charge in [0, 0.05) is 17.1 Å². The van der Waals surface area contributed by atoms with Crippen LogP contribution < -0.4 is 0 Å². The minimum absolute atomic E-state index is 0.0730. The normalized spacial score (nSPS) is 13.9. The van der Waals surface area contributed by atoms with Gasteiger partial charge in [0.25, 0.3) is 0 Å². The Hall–Kier alpha value is -0.290. The third kappa shape index (κ3) is 4.56. The lowest BCUT2D eigenvalue weighted by atomic mass is 10.2. The molecule has 0 saturated carbocycles. The van der Waals surface area contributed by atoms with E-state index in [0.29, 0.717) is 0 Å². The summed E-state index contributed by atoms with van der Waals surface area (Å²) in [5, 5.41) is -0.710. The van der Waals surface area contributed by atoms with Gasteiger partial charge in [-0.05, 0) is 13.3 Å². The Labute approximate surface area is 76.3 Å². The fourth-order valence-corrected chi connectivity index (χ4v) is 1.23. The molecule has 4 nitrogen and oxygen atoms in total. The van der Waals surface area contributed by atoms with Crippen LogP contribution in [-0.2, 0) is 18.6 Å². The maximum Gasteiger partial charge on any atom is 0.305 e. The average Bonchev–Trinajstić information content (AvgIpc) is 1.97. The number of carbonyl (C=O) groups excluding carboxylic acids is 1. The Morgan fingerprint density at radius 3 is 2.42 bits per heavy atom. The zero-order chi connectivity index (χ0) is 9.78. The van der Waals surface area contributed by atoms with Crippen molar-refractivity contribution < 1.29 is 17.9 Å². The van der Waals surface area contributed by atoms with Gasteiger partial charge in [0.05, 0.1) is 12.4 Å². The van der Waals surface area contributed by atoms with E-state index in [-0.39, 0.29) is 12.8 Å². The van der Waals surface area contributed by atoms with Crippen molar-refractivity contribution in [2.24, 2.45) is 0 Å². The van der Waals surface area contributed by atoms with E-state index in [9.17, 15) is 13.2 Å². The zero-order valence-corrected chi connectivity index (χ0v) is 8.48. The van der Waals surface area contributed by atoms with Gasteiger partial charge in [-0.25, -0.2) is 8.42 Å². The smallest absolute Gasteiger partial charge is 0.305 e. The minimum Gasteiger partial charge on any atom is -0.469 e. The minimum atomic E-state index is -3.54. The third-order valence-electron chi connectivity index (χ3n) is 1.46. The molecule has 0 radical (unpaired) electrons. The molecule has 72 valence electrons. The summed E-state index contributed by atoms with van der Waals surface area (Å²) in [5.74, 6) is -0.429. The van der Waals surface area contributed by atoms with E-state index < -0.39 is 20.3 Å². The fourth-order valence-electron chi connectivity index (χ4n) is 0.564. The first-order valence-corrected chi connectivity index (χ1v) is 5.75. The molecule has 0 aromatic rings. The van der Waals surface area contributed by atoms with Crippen LogP contribution in [0.1, 0.15) is 19.8 Å². The molecule has 0 aromatic carbocycles. The summed E-state index contributed by atoms with van der Waals surface area (Å²) >= 11 is 0. The lowest BCUT2D eigenvalue weighted by molar-refractivity contribution is -0.140. The molecule has 0 bridgehead atoms. The molecule has 0 amide bonds. The molecule has 0 aliphatic heterocycles. The van der Waals surface area contributed by atoms with Crippen LogP contribution in [0, 0.1) is 0 Å². The Morgan fingerprint density at radius 2 is 2.08 bits per heavy atom. The predicted molar refractivity (Wildman–Crippen MR) is 45.5 cm³/mol. The summed E-state index contributed by atoms with van der Waals surface area (Å²) in [5.41, 5.74) is 0. The average molecular weight is 215 g/mol. The topological polar surface area (TPSA) is 60.4 Å². The molecule has 6 heteroatoms. The molecule has 0 spiro atoms. The van der Waals surface area contributed by atoms with Crippen LogP contribution in [0.3, 0.4) is 0 Å². The fraction of sp³-hybridized carbons (Fsp3) is 0.833. The molecule has 1 unspecified atom stereocenters. The van der Waals surface area contributed by atoms with Crippen LogP contribution in [0.15, 0.2) is 0 Å². The van der Waals surface area contributed by atoms with Gasteiger partial charge in [-0.3, -0.25) is 4.79 Å². The summed E-state index contributed by atoms with van der Waals surface area (Å²) in [4.78, 5) is 10.6. The van der Waals surface area contributed by atoms with E-state index in [1.54, 1.807) is 0 Å². The molecule has 0 saturated heterocycles. The first-order chi connectivity index (χ1) is 5.38. The number of hydrogen-bond acceptors (Lipinski definition) is 4. The highest BCUT2D eigenvalue weighted by Crippen LogP contribution is 2.12. The Bertz CT molecular complexity index is 246. The van der Waals surface area contributed by atoms with Gasteiger partial charge in [0.15, 0.2) is 0 Å². The highest BCUT2D eigenvalue weighted by molar-refractivity contribution is 8.14. The molecule has 0 aliphatic rings. The summed E-state index contributed by atoms with van der Waals surface area (Å²) in [6.07, 6.45) is 0.266. The van der Waals surface area contributed by atoms with E-state index >= 15 is 0 Å². The van der Waals surface area contributed by atoms with Gasteiger partial charge >= 0.3 is 5.97 Å². The standard InChI is InChI=1S/C6H11ClO4S/c1-5(12(7,9)10)3-4-6(8)11-2/h5H,3-4H2,1-2H3. The number of hydrogen-bond donors (Lipinski definition) is 0. The van der Waals surface area contributed by atoms with Crippen LogP contribution in [0.4, 0.5) is 0 Å². The lowest BCUT2D eigenvalue weighted by Crippen LogP contribution is -2.14. The molecule has 0 heterocycles. The van der Waals surface area contributed by atoms with Gasteiger partial charge in [-0.1, -0.05) is 0 Å². The Balaban J connectivity index is 3.88. The van der Waals surface area contributed by atoms with Crippen LogP contribution in [0.25, 0.3) is 0 Å². The lowest BCUT2D eigenvalue weighted by Gasteiger charge is -2.05. The van der Waals surface area contributed by atoms with Crippen molar-refractivity contribution >= 4 is 25.7 Å². The first-order valence-electron chi connectivity index (χ1n) is 3.38. The number of carbonyl (C=O) groups is 1. The quantitative estimate of drug-likeness (QED) is 0.515. The predicted octanol–water partition coefficient (Wildman–Crippen LogP) is 0.897. The van der Waals surface area contributed by atoms with Crippen molar-refractivity contribution in [2.75, 3.05) is 7.11 Å². The number of halogens is 1. The van der Waals surface area contributed by atoms with E-state index in [1.807, 2.05) is 0 Å². The number of rotatable bonds is 4. The van der Waals surface area contributed by atoms with Gasteiger partial charge in [-0.15, -0.1) is 0 Å². The summed E-state index contributed by atoms with van der Waals surface area (Å²) in [6, 6.07) is 0. The zero-order valence-electron chi connectivity index (χ0n) is 6.91. The first kappa shape index (κ1) is 11.7.